The Morgan fingerprint density at radius 3 is 1.19 bits per heavy atom. The van der Waals surface area contributed by atoms with Crippen molar-refractivity contribution in [2.24, 2.45) is 0 Å². The van der Waals surface area contributed by atoms with Crippen molar-refractivity contribution in [1.82, 2.24) is 9.56 Å². The second kappa shape index (κ2) is 9.61. The fraction of sp³-hybridized carbons (Fsp3) is 0.200. The molecule has 0 N–H and O–H groups in total. The van der Waals surface area contributed by atoms with Crippen LogP contribution in [0.3, 0.4) is 0 Å². The van der Waals surface area contributed by atoms with Crippen LogP contribution in [0.1, 0.15) is 27.7 Å². The number of nitrogens with zero attached hydrogens (tertiary/aromatic N) is 2. The molecule has 0 radical (unpaired) electrons. The highest BCUT2D eigenvalue weighted by atomic mass is 31.2. The van der Waals surface area contributed by atoms with Crippen LogP contribution >= 0.6 is 16.6 Å². The van der Waals surface area contributed by atoms with E-state index in [0.29, 0.717) is 0 Å². The summed E-state index contributed by atoms with van der Waals surface area (Å²) >= 11 is 0. The molecule has 0 bridgehead atoms. The van der Waals surface area contributed by atoms with Crippen molar-refractivity contribution in [3.05, 3.63) is 97.1 Å². The van der Waals surface area contributed by atoms with Crippen LogP contribution in [0.2, 0.25) is 0 Å². The molecule has 2 aliphatic rings. The SMILES string of the molecule is CC(C)N(N(C(C)C)P1Oc2ccccc2-c2ccccc21)P1Oc2ccccc2-c2ccccc21. The van der Waals surface area contributed by atoms with Crippen molar-refractivity contribution in [2.75, 3.05) is 0 Å². The Morgan fingerprint density at radius 2 is 0.806 bits per heavy atom. The number of hydrogen-bond acceptors (Lipinski definition) is 4. The lowest BCUT2D eigenvalue weighted by atomic mass is 10.0. The maximum atomic E-state index is 6.87. The van der Waals surface area contributed by atoms with Gasteiger partial charge in [0.15, 0.2) is 0 Å². The van der Waals surface area contributed by atoms with E-state index in [2.05, 4.69) is 134 Å². The summed E-state index contributed by atoms with van der Waals surface area (Å²) in [6, 6.07) is 34.6. The van der Waals surface area contributed by atoms with E-state index in [1.165, 1.54) is 21.7 Å². The zero-order valence-corrected chi connectivity index (χ0v) is 22.8. The first-order valence-corrected chi connectivity index (χ1v) is 14.9. The zero-order chi connectivity index (χ0) is 24.8. The van der Waals surface area contributed by atoms with Gasteiger partial charge in [0.25, 0.3) is 0 Å². The second-order valence-corrected chi connectivity index (χ2v) is 12.8. The molecule has 0 saturated heterocycles. The van der Waals surface area contributed by atoms with Gasteiger partial charge in [0.05, 0.1) is 0 Å². The first kappa shape index (κ1) is 23.6. The van der Waals surface area contributed by atoms with Crippen molar-refractivity contribution in [3.8, 4) is 33.8 Å². The van der Waals surface area contributed by atoms with Crippen LogP contribution in [0.5, 0.6) is 11.5 Å². The van der Waals surface area contributed by atoms with Crippen molar-refractivity contribution in [2.45, 2.75) is 39.8 Å². The molecular formula is C30H30N2O2P2. The van der Waals surface area contributed by atoms with Crippen LogP contribution in [0.25, 0.3) is 22.3 Å². The van der Waals surface area contributed by atoms with E-state index in [1.807, 2.05) is 0 Å². The molecule has 4 nitrogen and oxygen atoms in total. The van der Waals surface area contributed by atoms with Crippen LogP contribution in [-0.4, -0.2) is 21.6 Å². The van der Waals surface area contributed by atoms with Crippen molar-refractivity contribution in [3.63, 3.8) is 0 Å². The molecule has 0 saturated carbocycles. The lowest BCUT2D eigenvalue weighted by Gasteiger charge is -2.48. The predicted octanol–water partition coefficient (Wildman–Crippen LogP) is 7.72. The minimum Gasteiger partial charge on any atom is -0.452 e. The van der Waals surface area contributed by atoms with Crippen LogP contribution in [0.4, 0.5) is 0 Å². The highest BCUT2D eigenvalue weighted by molar-refractivity contribution is 7.62. The monoisotopic (exact) mass is 512 g/mol. The lowest BCUT2D eigenvalue weighted by Crippen LogP contribution is -2.49. The van der Waals surface area contributed by atoms with Gasteiger partial charge in [-0.1, -0.05) is 72.8 Å². The average Bonchev–Trinajstić information content (AvgIpc) is 2.90. The second-order valence-electron chi connectivity index (χ2n) is 9.58. The van der Waals surface area contributed by atoms with Crippen LogP contribution in [0.15, 0.2) is 97.1 Å². The van der Waals surface area contributed by atoms with Gasteiger partial charge in [-0.25, -0.2) is 0 Å². The van der Waals surface area contributed by atoms with Crippen LogP contribution < -0.4 is 19.7 Å². The first-order valence-electron chi connectivity index (χ1n) is 12.5. The molecule has 36 heavy (non-hydrogen) atoms. The summed E-state index contributed by atoms with van der Waals surface area (Å²) in [7, 11) is -2.27. The van der Waals surface area contributed by atoms with Gasteiger partial charge >= 0.3 is 0 Å². The van der Waals surface area contributed by atoms with Gasteiger partial charge in [-0.2, -0.15) is 9.56 Å². The largest absolute Gasteiger partial charge is 0.452 e. The summed E-state index contributed by atoms with van der Waals surface area (Å²) in [5.74, 6) is 1.89. The third kappa shape index (κ3) is 3.94. The number of hydrogen-bond donors (Lipinski definition) is 0. The first-order chi connectivity index (χ1) is 17.5. The Labute approximate surface area is 216 Å². The fourth-order valence-corrected chi connectivity index (χ4v) is 9.67. The van der Waals surface area contributed by atoms with Gasteiger partial charge in [-0.05, 0) is 63.1 Å². The van der Waals surface area contributed by atoms with Crippen LogP contribution in [0, 0.1) is 0 Å². The Balaban J connectivity index is 1.49. The van der Waals surface area contributed by atoms with E-state index in [0.717, 1.165) is 22.6 Å². The van der Waals surface area contributed by atoms with Gasteiger partial charge in [0.2, 0.25) is 16.6 Å². The molecule has 4 aromatic carbocycles. The van der Waals surface area contributed by atoms with Gasteiger partial charge < -0.3 is 9.05 Å². The maximum Gasteiger partial charge on any atom is 0.212 e. The topological polar surface area (TPSA) is 24.9 Å². The molecule has 0 aliphatic carbocycles. The van der Waals surface area contributed by atoms with E-state index in [-0.39, 0.29) is 12.1 Å². The Morgan fingerprint density at radius 1 is 0.472 bits per heavy atom. The summed E-state index contributed by atoms with van der Waals surface area (Å²) in [5.41, 5.74) is 4.82. The summed E-state index contributed by atoms with van der Waals surface area (Å²) < 4.78 is 18.7. The van der Waals surface area contributed by atoms with Gasteiger partial charge in [0, 0.05) is 33.8 Å². The van der Waals surface area contributed by atoms with Gasteiger partial charge in [-0.3, -0.25) is 0 Å². The maximum absolute atomic E-state index is 6.87. The number of benzene rings is 4. The Hall–Kier alpha value is -2.74. The standard InChI is InChI=1S/C30H30N2O2P2/c1-21(2)31(35-29-19-11-7-15-25(29)23-13-5-9-17-27(23)33-35)32(22(3)4)36-30-20-12-8-16-26(30)24-14-6-10-18-28(24)34-36/h5-22H,1-4H3. The van der Waals surface area contributed by atoms with Crippen molar-refractivity contribution in [1.29, 1.82) is 0 Å². The highest BCUT2D eigenvalue weighted by Crippen LogP contribution is 2.59. The molecule has 182 valence electrons. The minimum absolute atomic E-state index is 0.201. The van der Waals surface area contributed by atoms with Gasteiger partial charge in [-0.15, -0.1) is 0 Å². The molecule has 2 unspecified atom stereocenters. The summed E-state index contributed by atoms with van der Waals surface area (Å²) in [4.78, 5) is 0. The van der Waals surface area contributed by atoms with E-state index >= 15 is 0 Å². The predicted molar refractivity (Wildman–Crippen MR) is 152 cm³/mol. The molecule has 0 fully saturated rings. The summed E-state index contributed by atoms with van der Waals surface area (Å²) in [5, 5.41) is 2.48. The molecule has 4 aromatic rings. The molecule has 6 heteroatoms. The third-order valence-electron chi connectivity index (χ3n) is 6.45. The normalized spacial score (nSPS) is 17.8. The molecule has 2 atom stereocenters. The third-order valence-corrected chi connectivity index (χ3v) is 11.0. The van der Waals surface area contributed by atoms with E-state index < -0.39 is 16.6 Å². The van der Waals surface area contributed by atoms with E-state index in [9.17, 15) is 0 Å². The number of rotatable bonds is 5. The smallest absolute Gasteiger partial charge is 0.212 e. The van der Waals surface area contributed by atoms with E-state index in [4.69, 9.17) is 9.05 Å². The van der Waals surface area contributed by atoms with Gasteiger partial charge in [0.1, 0.15) is 11.5 Å². The highest BCUT2D eigenvalue weighted by Gasteiger charge is 2.43. The molecule has 2 heterocycles. The molecule has 0 amide bonds. The molecule has 0 spiro atoms. The number of fused-ring (bicyclic) bond motifs is 6. The molecular weight excluding hydrogens is 482 g/mol. The quantitative estimate of drug-likeness (QED) is 0.202. The number of para-hydroxylation sites is 2. The lowest BCUT2D eigenvalue weighted by molar-refractivity contribution is 0.0960. The van der Waals surface area contributed by atoms with Crippen LogP contribution in [-0.2, 0) is 0 Å². The van der Waals surface area contributed by atoms with Crippen molar-refractivity contribution < 1.29 is 9.05 Å². The Bertz CT molecular complexity index is 1300. The average molecular weight is 513 g/mol. The molecule has 0 aromatic heterocycles. The fourth-order valence-electron chi connectivity index (χ4n) is 4.92. The van der Waals surface area contributed by atoms with E-state index in [1.54, 1.807) is 0 Å². The minimum atomic E-state index is -1.13. The Kier molecular flexibility index (Phi) is 6.32. The number of hydrazine groups is 1. The summed E-state index contributed by atoms with van der Waals surface area (Å²) in [6.45, 7) is 9.01. The van der Waals surface area contributed by atoms with Crippen molar-refractivity contribution >= 4 is 27.2 Å². The molecule has 6 rings (SSSR count). The molecule has 2 aliphatic heterocycles. The summed E-state index contributed by atoms with van der Waals surface area (Å²) in [6.07, 6.45) is 0. The zero-order valence-electron chi connectivity index (χ0n) is 21.0.